The number of hydrogen-bond donors (Lipinski definition) is 0. The molecule has 3 rings (SSSR count). The van der Waals surface area contributed by atoms with E-state index in [4.69, 9.17) is 0 Å². The molecule has 0 amide bonds. The van der Waals surface area contributed by atoms with E-state index in [2.05, 4.69) is 0 Å². The number of hydrogen-bond acceptors (Lipinski definition) is 2. The Morgan fingerprint density at radius 2 is 1.52 bits per heavy atom. The van der Waals surface area contributed by atoms with Gasteiger partial charge in [-0.3, -0.25) is 4.31 Å². The molecule has 0 heterocycles. The van der Waals surface area contributed by atoms with Crippen molar-refractivity contribution in [1.82, 2.24) is 0 Å². The zero-order chi connectivity index (χ0) is 16.4. The molecular weight excluding hydrogens is 306 g/mol. The summed E-state index contributed by atoms with van der Waals surface area (Å²) >= 11 is 0. The van der Waals surface area contributed by atoms with Gasteiger partial charge in [0.05, 0.1) is 10.6 Å². The van der Waals surface area contributed by atoms with Gasteiger partial charge in [-0.15, -0.1) is 0 Å². The fraction of sp³-hybridized carbons (Fsp3) is 0.158. The lowest BCUT2D eigenvalue weighted by Crippen LogP contribution is -2.31. The van der Waals surface area contributed by atoms with Crippen LogP contribution in [0.4, 0.5) is 5.69 Å². The second kappa shape index (κ2) is 6.05. The van der Waals surface area contributed by atoms with E-state index in [1.165, 1.54) is 4.31 Å². The van der Waals surface area contributed by atoms with Gasteiger partial charge < -0.3 is 0 Å². The third kappa shape index (κ3) is 2.82. The van der Waals surface area contributed by atoms with E-state index in [-0.39, 0.29) is 0 Å². The topological polar surface area (TPSA) is 37.4 Å². The monoisotopic (exact) mass is 325 g/mol. The average molecular weight is 325 g/mol. The van der Waals surface area contributed by atoms with Crippen molar-refractivity contribution in [3.05, 3.63) is 72.3 Å². The van der Waals surface area contributed by atoms with Crippen LogP contribution in [0.3, 0.4) is 0 Å². The lowest BCUT2D eigenvalue weighted by atomic mass is 10.1. The maximum absolute atomic E-state index is 13.1. The van der Waals surface area contributed by atoms with Gasteiger partial charge >= 0.3 is 0 Å². The minimum absolute atomic E-state index is 0.321. The molecule has 118 valence electrons. The summed E-state index contributed by atoms with van der Waals surface area (Å²) < 4.78 is 27.6. The molecule has 0 radical (unpaired) electrons. The zero-order valence-corrected chi connectivity index (χ0v) is 14.0. The normalized spacial score (nSPS) is 11.6. The van der Waals surface area contributed by atoms with Gasteiger partial charge in [-0.05, 0) is 48.4 Å². The molecule has 0 N–H and O–H groups in total. The minimum Gasteiger partial charge on any atom is -0.266 e. The van der Waals surface area contributed by atoms with Crippen molar-refractivity contribution in [3.8, 4) is 0 Å². The molecule has 23 heavy (non-hydrogen) atoms. The maximum Gasteiger partial charge on any atom is 0.264 e. The summed E-state index contributed by atoms with van der Waals surface area (Å²) in [4.78, 5) is 0.321. The number of rotatable bonds is 4. The number of benzene rings is 3. The largest absolute Gasteiger partial charge is 0.266 e. The standard InChI is InChI=1S/C19H19NO2S/c1-3-20(19-11-7-4-8-15(19)2)23(21,22)18-13-12-16-9-5-6-10-17(16)14-18/h4-14H,3H2,1-2H3. The van der Waals surface area contributed by atoms with Crippen LogP contribution in [0.2, 0.25) is 0 Å². The van der Waals surface area contributed by atoms with Gasteiger partial charge in [0.25, 0.3) is 10.0 Å². The number of sulfonamides is 1. The molecule has 0 saturated heterocycles. The Morgan fingerprint density at radius 1 is 0.870 bits per heavy atom. The predicted octanol–water partition coefficient (Wildman–Crippen LogP) is 4.36. The molecule has 0 fully saturated rings. The second-order valence-corrected chi connectivity index (χ2v) is 7.33. The second-order valence-electron chi connectivity index (χ2n) is 5.47. The highest BCUT2D eigenvalue weighted by Gasteiger charge is 2.24. The Bertz CT molecular complexity index is 948. The Hall–Kier alpha value is -2.33. The van der Waals surface area contributed by atoms with Gasteiger partial charge in [-0.2, -0.15) is 0 Å². The van der Waals surface area contributed by atoms with Crippen molar-refractivity contribution < 1.29 is 8.42 Å². The molecule has 0 atom stereocenters. The van der Waals surface area contributed by atoms with Crippen molar-refractivity contribution in [2.75, 3.05) is 10.8 Å². The number of para-hydroxylation sites is 1. The zero-order valence-electron chi connectivity index (χ0n) is 13.2. The van der Waals surface area contributed by atoms with Gasteiger partial charge in [0.1, 0.15) is 0 Å². The molecule has 0 bridgehead atoms. The molecule has 0 saturated carbocycles. The van der Waals surface area contributed by atoms with E-state index < -0.39 is 10.0 Å². The summed E-state index contributed by atoms with van der Waals surface area (Å²) in [7, 11) is -3.58. The summed E-state index contributed by atoms with van der Waals surface area (Å²) in [5.41, 5.74) is 1.67. The summed E-state index contributed by atoms with van der Waals surface area (Å²) in [5.74, 6) is 0. The summed E-state index contributed by atoms with van der Waals surface area (Å²) in [6, 6.07) is 20.6. The van der Waals surface area contributed by atoms with Crippen LogP contribution >= 0.6 is 0 Å². The Kier molecular flexibility index (Phi) is 4.09. The van der Waals surface area contributed by atoms with Gasteiger partial charge in [-0.25, -0.2) is 8.42 Å². The third-order valence-electron chi connectivity index (χ3n) is 3.98. The van der Waals surface area contributed by atoms with E-state index >= 15 is 0 Å². The molecule has 4 heteroatoms. The summed E-state index contributed by atoms with van der Waals surface area (Å²) in [6.45, 7) is 4.17. The minimum atomic E-state index is -3.58. The molecule has 3 nitrogen and oxygen atoms in total. The molecule has 0 unspecified atom stereocenters. The average Bonchev–Trinajstić information content (AvgIpc) is 2.56. The molecule has 0 aromatic heterocycles. The molecule has 3 aromatic carbocycles. The van der Waals surface area contributed by atoms with Crippen LogP contribution < -0.4 is 4.31 Å². The van der Waals surface area contributed by atoms with Crippen LogP contribution in [0, 0.1) is 6.92 Å². The SMILES string of the molecule is CCN(c1ccccc1C)S(=O)(=O)c1ccc2ccccc2c1. The van der Waals surface area contributed by atoms with E-state index in [1.54, 1.807) is 12.1 Å². The van der Waals surface area contributed by atoms with Gasteiger partial charge in [-0.1, -0.05) is 48.5 Å². The van der Waals surface area contributed by atoms with Gasteiger partial charge in [0.2, 0.25) is 0 Å². The first kappa shape index (κ1) is 15.6. The molecule has 0 aliphatic carbocycles. The van der Waals surface area contributed by atoms with Gasteiger partial charge in [0.15, 0.2) is 0 Å². The smallest absolute Gasteiger partial charge is 0.264 e. The number of aryl methyl sites for hydroxylation is 1. The van der Waals surface area contributed by atoms with Crippen LogP contribution in [0.15, 0.2) is 71.6 Å². The van der Waals surface area contributed by atoms with Crippen LogP contribution in [0.5, 0.6) is 0 Å². The number of fused-ring (bicyclic) bond motifs is 1. The first-order valence-corrected chi connectivity index (χ1v) is 9.05. The first-order chi connectivity index (χ1) is 11.0. The van der Waals surface area contributed by atoms with Crippen molar-refractivity contribution >= 4 is 26.5 Å². The predicted molar refractivity (Wildman–Crippen MR) is 95.3 cm³/mol. The van der Waals surface area contributed by atoms with E-state index in [1.807, 2.05) is 68.4 Å². The van der Waals surface area contributed by atoms with Crippen LogP contribution in [0.25, 0.3) is 10.8 Å². The molecule has 0 aliphatic rings. The number of nitrogens with zero attached hydrogens (tertiary/aromatic N) is 1. The lowest BCUT2D eigenvalue weighted by Gasteiger charge is -2.24. The van der Waals surface area contributed by atoms with Crippen LogP contribution in [0.1, 0.15) is 12.5 Å². The highest BCUT2D eigenvalue weighted by molar-refractivity contribution is 7.92. The fourth-order valence-corrected chi connectivity index (χ4v) is 4.34. The molecular formula is C19H19NO2S. The quantitative estimate of drug-likeness (QED) is 0.714. The maximum atomic E-state index is 13.1. The summed E-state index contributed by atoms with van der Waals surface area (Å²) in [6.07, 6.45) is 0. The van der Waals surface area contributed by atoms with Crippen molar-refractivity contribution in [2.45, 2.75) is 18.7 Å². The first-order valence-electron chi connectivity index (χ1n) is 7.61. The fourth-order valence-electron chi connectivity index (χ4n) is 2.77. The Morgan fingerprint density at radius 3 is 2.22 bits per heavy atom. The molecule has 0 spiro atoms. The van der Waals surface area contributed by atoms with Crippen molar-refractivity contribution in [3.63, 3.8) is 0 Å². The van der Waals surface area contributed by atoms with Gasteiger partial charge in [0, 0.05) is 6.54 Å². The highest BCUT2D eigenvalue weighted by Crippen LogP contribution is 2.28. The van der Waals surface area contributed by atoms with Crippen molar-refractivity contribution in [1.29, 1.82) is 0 Å². The van der Waals surface area contributed by atoms with E-state index in [0.29, 0.717) is 11.4 Å². The number of anilines is 1. The lowest BCUT2D eigenvalue weighted by molar-refractivity contribution is 0.592. The molecule has 0 aliphatic heterocycles. The third-order valence-corrected chi connectivity index (χ3v) is 5.87. The Balaban J connectivity index is 2.13. The van der Waals surface area contributed by atoms with Crippen molar-refractivity contribution in [2.24, 2.45) is 0 Å². The van der Waals surface area contributed by atoms with Crippen LogP contribution in [-0.2, 0) is 10.0 Å². The van der Waals surface area contributed by atoms with E-state index in [9.17, 15) is 8.42 Å². The Labute approximate surface area is 137 Å². The van der Waals surface area contributed by atoms with E-state index in [0.717, 1.165) is 22.0 Å². The van der Waals surface area contributed by atoms with Crippen LogP contribution in [-0.4, -0.2) is 15.0 Å². The molecule has 3 aromatic rings. The highest BCUT2D eigenvalue weighted by atomic mass is 32.2. The summed E-state index contributed by atoms with van der Waals surface area (Å²) in [5, 5.41) is 1.96.